The molecule has 1 aromatic heterocycles. The van der Waals surface area contributed by atoms with Gasteiger partial charge in [0.2, 0.25) is 11.9 Å². The molecule has 0 radical (unpaired) electrons. The lowest BCUT2D eigenvalue weighted by molar-refractivity contribution is -0.119. The minimum absolute atomic E-state index is 0.0315. The van der Waals surface area contributed by atoms with E-state index >= 15 is 0 Å². The number of aromatic nitrogens is 2. The first kappa shape index (κ1) is 13.2. The van der Waals surface area contributed by atoms with Crippen molar-refractivity contribution in [1.29, 1.82) is 0 Å². The van der Waals surface area contributed by atoms with Crippen LogP contribution in [0, 0.1) is 0 Å². The number of nitrogens with one attached hydrogen (secondary N) is 2. The fraction of sp³-hybridized carbons (Fsp3) is 0.429. The van der Waals surface area contributed by atoms with E-state index in [9.17, 15) is 4.79 Å². The van der Waals surface area contributed by atoms with Crippen molar-refractivity contribution in [1.82, 2.24) is 15.3 Å². The average molecular weight is 293 g/mol. The van der Waals surface area contributed by atoms with Crippen LogP contribution in [0.5, 0.6) is 0 Å². The molecule has 0 bridgehead atoms. The number of imidazole rings is 1. The number of para-hydroxylation sites is 2. The Morgan fingerprint density at radius 2 is 2.15 bits per heavy atom. The number of aromatic amines is 1. The van der Waals surface area contributed by atoms with Crippen molar-refractivity contribution in [3.05, 3.63) is 24.3 Å². The first-order valence-electron chi connectivity index (χ1n) is 6.81. The van der Waals surface area contributed by atoms with E-state index in [0.717, 1.165) is 42.9 Å². The zero-order chi connectivity index (χ0) is 13.9. The number of amides is 1. The molecule has 2 heterocycles. The Kier molecular flexibility index (Phi) is 3.78. The lowest BCUT2D eigenvalue weighted by Gasteiger charge is -2.32. The van der Waals surface area contributed by atoms with Gasteiger partial charge < -0.3 is 15.2 Å². The SMILES string of the molecule is O=C(CCl)NC1CCN(c2nc3ccccc3[nH]2)CC1. The van der Waals surface area contributed by atoms with Crippen LogP contribution in [0.3, 0.4) is 0 Å². The molecule has 1 aromatic carbocycles. The largest absolute Gasteiger partial charge is 0.352 e. The summed E-state index contributed by atoms with van der Waals surface area (Å²) in [5.41, 5.74) is 2.04. The zero-order valence-corrected chi connectivity index (χ0v) is 11.9. The van der Waals surface area contributed by atoms with Crippen LogP contribution in [0.4, 0.5) is 5.95 Å². The van der Waals surface area contributed by atoms with Crippen LogP contribution < -0.4 is 10.2 Å². The molecular formula is C14H17ClN4O. The number of hydrogen-bond acceptors (Lipinski definition) is 3. The van der Waals surface area contributed by atoms with Gasteiger partial charge >= 0.3 is 0 Å². The number of hydrogen-bond donors (Lipinski definition) is 2. The Labute approximate surface area is 122 Å². The van der Waals surface area contributed by atoms with Gasteiger partial charge in [-0.15, -0.1) is 11.6 Å². The first-order chi connectivity index (χ1) is 9.76. The molecular weight excluding hydrogens is 276 g/mol. The Bertz CT molecular complexity index is 571. The van der Waals surface area contributed by atoms with Gasteiger partial charge in [-0.05, 0) is 25.0 Å². The summed E-state index contributed by atoms with van der Waals surface area (Å²) in [4.78, 5) is 21.4. The van der Waals surface area contributed by atoms with Gasteiger partial charge in [-0.3, -0.25) is 4.79 Å². The number of benzene rings is 1. The summed E-state index contributed by atoms with van der Waals surface area (Å²) in [7, 11) is 0. The molecule has 0 saturated carbocycles. The number of fused-ring (bicyclic) bond motifs is 1. The van der Waals surface area contributed by atoms with Crippen LogP contribution in [0.2, 0.25) is 0 Å². The van der Waals surface area contributed by atoms with Crippen LogP contribution in [0.15, 0.2) is 24.3 Å². The van der Waals surface area contributed by atoms with Crippen molar-refractivity contribution in [3.8, 4) is 0 Å². The van der Waals surface area contributed by atoms with Gasteiger partial charge in [-0.1, -0.05) is 12.1 Å². The van der Waals surface area contributed by atoms with E-state index in [0.29, 0.717) is 0 Å². The summed E-state index contributed by atoms with van der Waals surface area (Å²) in [5.74, 6) is 0.853. The quantitative estimate of drug-likeness (QED) is 0.849. The van der Waals surface area contributed by atoms with Gasteiger partial charge in [0.05, 0.1) is 11.0 Å². The molecule has 6 heteroatoms. The molecule has 3 rings (SSSR count). The van der Waals surface area contributed by atoms with Gasteiger partial charge in [-0.25, -0.2) is 4.98 Å². The Morgan fingerprint density at radius 3 is 2.85 bits per heavy atom. The third-order valence-corrected chi connectivity index (χ3v) is 3.90. The molecule has 20 heavy (non-hydrogen) atoms. The van der Waals surface area contributed by atoms with Crippen molar-refractivity contribution < 1.29 is 4.79 Å². The predicted molar refractivity (Wildman–Crippen MR) is 80.2 cm³/mol. The molecule has 1 aliphatic heterocycles. The Morgan fingerprint density at radius 1 is 1.40 bits per heavy atom. The van der Waals surface area contributed by atoms with E-state index in [2.05, 4.69) is 20.2 Å². The number of rotatable bonds is 3. The number of H-pyrrole nitrogens is 1. The fourth-order valence-corrected chi connectivity index (χ4v) is 2.67. The lowest BCUT2D eigenvalue weighted by atomic mass is 10.1. The predicted octanol–water partition coefficient (Wildman–Crippen LogP) is 1.89. The number of carbonyl (C=O) groups excluding carboxylic acids is 1. The van der Waals surface area contributed by atoms with Crippen LogP contribution >= 0.6 is 11.6 Å². The molecule has 1 aliphatic rings. The van der Waals surface area contributed by atoms with E-state index in [4.69, 9.17) is 11.6 Å². The first-order valence-corrected chi connectivity index (χ1v) is 7.35. The smallest absolute Gasteiger partial charge is 0.235 e. The van der Waals surface area contributed by atoms with Gasteiger partial charge in [0.1, 0.15) is 5.88 Å². The van der Waals surface area contributed by atoms with Gasteiger partial charge in [-0.2, -0.15) is 0 Å². The molecule has 1 amide bonds. The molecule has 0 aliphatic carbocycles. The van der Waals surface area contributed by atoms with E-state index in [-0.39, 0.29) is 17.8 Å². The fourth-order valence-electron chi connectivity index (χ4n) is 2.59. The molecule has 0 unspecified atom stereocenters. The summed E-state index contributed by atoms with van der Waals surface area (Å²) < 4.78 is 0. The maximum absolute atomic E-state index is 11.3. The van der Waals surface area contributed by atoms with Crippen molar-refractivity contribution in [2.75, 3.05) is 23.9 Å². The standard InChI is InChI=1S/C14H17ClN4O/c15-9-13(20)16-10-5-7-19(8-6-10)14-17-11-3-1-2-4-12(11)18-14/h1-4,10H,5-9H2,(H,16,20)(H,17,18). The number of piperidine rings is 1. The number of halogens is 1. The number of anilines is 1. The highest BCUT2D eigenvalue weighted by molar-refractivity contribution is 6.27. The van der Waals surface area contributed by atoms with Gasteiger partial charge in [0, 0.05) is 19.1 Å². The minimum atomic E-state index is -0.0890. The number of carbonyl (C=O) groups is 1. The van der Waals surface area contributed by atoms with Gasteiger partial charge in [0.15, 0.2) is 0 Å². The minimum Gasteiger partial charge on any atom is -0.352 e. The third-order valence-electron chi connectivity index (χ3n) is 3.66. The molecule has 0 atom stereocenters. The van der Waals surface area contributed by atoms with Crippen molar-refractivity contribution in [3.63, 3.8) is 0 Å². The van der Waals surface area contributed by atoms with Crippen LogP contribution in [-0.2, 0) is 4.79 Å². The van der Waals surface area contributed by atoms with E-state index in [1.54, 1.807) is 0 Å². The van der Waals surface area contributed by atoms with Crippen molar-refractivity contribution >= 4 is 34.5 Å². The molecule has 106 valence electrons. The second-order valence-corrected chi connectivity index (χ2v) is 5.31. The highest BCUT2D eigenvalue weighted by Crippen LogP contribution is 2.20. The highest BCUT2D eigenvalue weighted by atomic mass is 35.5. The normalized spacial score (nSPS) is 16.6. The summed E-state index contributed by atoms with van der Waals surface area (Å²) >= 11 is 5.50. The maximum Gasteiger partial charge on any atom is 0.235 e. The number of alkyl halides is 1. The van der Waals surface area contributed by atoms with Crippen LogP contribution in [-0.4, -0.2) is 40.9 Å². The van der Waals surface area contributed by atoms with E-state index in [1.165, 1.54) is 0 Å². The Hall–Kier alpha value is -1.75. The highest BCUT2D eigenvalue weighted by Gasteiger charge is 2.22. The summed E-state index contributed by atoms with van der Waals surface area (Å²) in [6, 6.07) is 8.24. The molecule has 2 aromatic rings. The lowest BCUT2D eigenvalue weighted by Crippen LogP contribution is -2.45. The Balaban J connectivity index is 1.64. The van der Waals surface area contributed by atoms with E-state index < -0.39 is 0 Å². The summed E-state index contributed by atoms with van der Waals surface area (Å²) in [5, 5.41) is 2.94. The van der Waals surface area contributed by atoms with Crippen molar-refractivity contribution in [2.45, 2.75) is 18.9 Å². The molecule has 1 saturated heterocycles. The second kappa shape index (κ2) is 5.71. The maximum atomic E-state index is 11.3. The molecule has 0 spiro atoms. The van der Waals surface area contributed by atoms with Crippen LogP contribution in [0.25, 0.3) is 11.0 Å². The second-order valence-electron chi connectivity index (χ2n) is 5.04. The summed E-state index contributed by atoms with van der Waals surface area (Å²) in [6.45, 7) is 1.76. The zero-order valence-electron chi connectivity index (χ0n) is 11.1. The molecule has 5 nitrogen and oxygen atoms in total. The van der Waals surface area contributed by atoms with Crippen molar-refractivity contribution in [2.24, 2.45) is 0 Å². The third kappa shape index (κ3) is 2.72. The number of nitrogens with zero attached hydrogens (tertiary/aromatic N) is 2. The molecule has 1 fully saturated rings. The van der Waals surface area contributed by atoms with Gasteiger partial charge in [0.25, 0.3) is 0 Å². The average Bonchev–Trinajstić information content (AvgIpc) is 2.91. The van der Waals surface area contributed by atoms with Crippen LogP contribution in [0.1, 0.15) is 12.8 Å². The van der Waals surface area contributed by atoms with E-state index in [1.807, 2.05) is 24.3 Å². The topological polar surface area (TPSA) is 61.0 Å². The molecule has 2 N–H and O–H groups in total. The monoisotopic (exact) mass is 292 g/mol. The summed E-state index contributed by atoms with van der Waals surface area (Å²) in [6.07, 6.45) is 1.83.